The van der Waals surface area contributed by atoms with Gasteiger partial charge in [0.1, 0.15) is 0 Å². The van der Waals surface area contributed by atoms with Crippen LogP contribution in [0, 0.1) is 0 Å². The average Bonchev–Trinajstić information content (AvgIpc) is 2.09. The maximum atomic E-state index is 11.2. The topological polar surface area (TPSA) is 57.7 Å². The number of hydrogen-bond donors (Lipinski definition) is 0. The van der Waals surface area contributed by atoms with Crippen molar-refractivity contribution in [3.8, 4) is 0 Å². The third-order valence-electron chi connectivity index (χ3n) is 1.90. The number of amides is 3. The summed E-state index contributed by atoms with van der Waals surface area (Å²) >= 11 is 2.64. The second kappa shape index (κ2) is 3.87. The normalized spacial score (nSPS) is 18.0. The maximum absolute atomic E-state index is 11.2. The van der Waals surface area contributed by atoms with Crippen LogP contribution in [-0.4, -0.2) is 46.1 Å². The molecule has 0 atom stereocenters. The Hall–Kier alpha value is -0.910. The van der Waals surface area contributed by atoms with Crippen LogP contribution in [0.4, 0.5) is 4.79 Å². The number of likely N-dealkylation sites (N-methyl/N-ethyl adjacent to an activating group) is 1. The Balaban J connectivity index is 2.76. The summed E-state index contributed by atoms with van der Waals surface area (Å²) in [6.45, 7) is 2.96. The van der Waals surface area contributed by atoms with Crippen LogP contribution < -0.4 is 0 Å². The Morgan fingerprint density at radius 3 is 2.46 bits per heavy atom. The molecule has 3 amide bonds. The first kappa shape index (κ1) is 10.2. The minimum absolute atomic E-state index is 0.266. The van der Waals surface area contributed by atoms with Crippen LogP contribution in [0.2, 0.25) is 0 Å². The van der Waals surface area contributed by atoms with Crippen LogP contribution in [0.5, 0.6) is 0 Å². The highest BCUT2D eigenvalue weighted by molar-refractivity contribution is 9.18. The molecule has 0 unspecified atom stereocenters. The number of nitrogens with zero attached hydrogens (tertiary/aromatic N) is 2. The highest BCUT2D eigenvalue weighted by atomic mass is 79.9. The van der Waals surface area contributed by atoms with Crippen LogP contribution in [-0.2, 0) is 9.59 Å². The van der Waals surface area contributed by atoms with Gasteiger partial charge in [-0.25, -0.2) is 0 Å². The van der Waals surface area contributed by atoms with E-state index in [1.807, 2.05) is 0 Å². The molecule has 0 aliphatic carbocycles. The van der Waals surface area contributed by atoms with Gasteiger partial charge in [-0.1, -0.05) is 0 Å². The van der Waals surface area contributed by atoms with Crippen LogP contribution in [0.15, 0.2) is 0 Å². The second-order valence-corrected chi connectivity index (χ2v) is 3.27. The summed E-state index contributed by atoms with van der Waals surface area (Å²) in [7, 11) is 0. The van der Waals surface area contributed by atoms with Crippen molar-refractivity contribution in [1.82, 2.24) is 9.80 Å². The fourth-order valence-corrected chi connectivity index (χ4v) is 1.48. The van der Waals surface area contributed by atoms with E-state index in [4.69, 9.17) is 0 Å². The zero-order valence-electron chi connectivity index (χ0n) is 7.12. The number of rotatable bonds is 1. The molecule has 1 aliphatic heterocycles. The fraction of sp³-hybridized carbons (Fsp3) is 0.571. The standard InChI is InChI=1S/C7H9BrN2O3/c1-2-9-3-4-10(7(8)13)6(12)5(9)11/h2-4H2,1H3. The molecule has 0 aromatic carbocycles. The van der Waals surface area contributed by atoms with Gasteiger partial charge in [-0.15, -0.1) is 0 Å². The molecule has 13 heavy (non-hydrogen) atoms. The van der Waals surface area contributed by atoms with Gasteiger partial charge in [-0.2, -0.15) is 0 Å². The van der Waals surface area contributed by atoms with Crippen molar-refractivity contribution in [2.45, 2.75) is 6.92 Å². The fourth-order valence-electron chi connectivity index (χ4n) is 1.14. The van der Waals surface area contributed by atoms with E-state index < -0.39 is 16.6 Å². The average molecular weight is 249 g/mol. The summed E-state index contributed by atoms with van der Waals surface area (Å²) < 4.78 is 0. The number of carbonyl (C=O) groups excluding carboxylic acids is 3. The van der Waals surface area contributed by atoms with E-state index in [0.29, 0.717) is 13.1 Å². The van der Waals surface area contributed by atoms with Crippen LogP contribution in [0.3, 0.4) is 0 Å². The largest absolute Gasteiger partial charge is 0.333 e. The van der Waals surface area contributed by atoms with E-state index >= 15 is 0 Å². The van der Waals surface area contributed by atoms with Gasteiger partial charge in [0.05, 0.1) is 0 Å². The molecule has 0 aromatic heterocycles. The molecule has 1 rings (SSSR count). The molecule has 72 valence electrons. The summed E-state index contributed by atoms with van der Waals surface area (Å²) in [5.41, 5.74) is 0. The first-order valence-electron chi connectivity index (χ1n) is 3.88. The summed E-state index contributed by atoms with van der Waals surface area (Å²) in [6, 6.07) is 0. The molecule has 5 nitrogen and oxygen atoms in total. The lowest BCUT2D eigenvalue weighted by atomic mass is 10.3. The van der Waals surface area contributed by atoms with E-state index in [2.05, 4.69) is 15.9 Å². The van der Waals surface area contributed by atoms with E-state index in [1.54, 1.807) is 6.92 Å². The maximum Gasteiger partial charge on any atom is 0.319 e. The van der Waals surface area contributed by atoms with Crippen molar-refractivity contribution < 1.29 is 14.4 Å². The molecular weight excluding hydrogens is 240 g/mol. The van der Waals surface area contributed by atoms with Gasteiger partial charge in [-0.05, 0) is 6.92 Å². The van der Waals surface area contributed by atoms with E-state index in [9.17, 15) is 14.4 Å². The highest BCUT2D eigenvalue weighted by Gasteiger charge is 2.34. The predicted octanol–water partition coefficient (Wildman–Crippen LogP) is 0.192. The SMILES string of the molecule is CCN1CCN(C(=O)Br)C(=O)C1=O. The van der Waals surface area contributed by atoms with Crippen molar-refractivity contribution in [1.29, 1.82) is 0 Å². The monoisotopic (exact) mass is 248 g/mol. The van der Waals surface area contributed by atoms with E-state index in [1.165, 1.54) is 4.90 Å². The van der Waals surface area contributed by atoms with Gasteiger partial charge in [0.25, 0.3) is 4.82 Å². The number of imide groups is 1. The molecule has 0 spiro atoms. The quantitative estimate of drug-likeness (QED) is 0.378. The molecule has 1 aliphatic rings. The lowest BCUT2D eigenvalue weighted by molar-refractivity contribution is -0.153. The van der Waals surface area contributed by atoms with E-state index in [0.717, 1.165) is 4.90 Å². The summed E-state index contributed by atoms with van der Waals surface area (Å²) in [6.07, 6.45) is 0. The zero-order valence-corrected chi connectivity index (χ0v) is 8.70. The van der Waals surface area contributed by atoms with Crippen molar-refractivity contribution in [3.05, 3.63) is 0 Å². The number of halogens is 1. The lowest BCUT2D eigenvalue weighted by Crippen LogP contribution is -2.54. The molecular formula is C7H9BrN2O3. The minimum atomic E-state index is -0.755. The number of hydrogen-bond acceptors (Lipinski definition) is 3. The van der Waals surface area contributed by atoms with Crippen LogP contribution in [0.25, 0.3) is 0 Å². The Morgan fingerprint density at radius 1 is 1.38 bits per heavy atom. The number of carbonyl (C=O) groups is 3. The second-order valence-electron chi connectivity index (χ2n) is 2.59. The molecule has 0 N–H and O–H groups in total. The Morgan fingerprint density at radius 2 is 2.00 bits per heavy atom. The third-order valence-corrected chi connectivity index (χ3v) is 2.33. The molecule has 0 radical (unpaired) electrons. The van der Waals surface area contributed by atoms with Crippen molar-refractivity contribution in [2.24, 2.45) is 0 Å². The smallest absolute Gasteiger partial charge is 0.319 e. The molecule has 1 heterocycles. The first-order chi connectivity index (χ1) is 6.07. The molecule has 1 fully saturated rings. The van der Waals surface area contributed by atoms with Gasteiger partial charge in [0, 0.05) is 35.6 Å². The van der Waals surface area contributed by atoms with Gasteiger partial charge < -0.3 is 4.90 Å². The van der Waals surface area contributed by atoms with Gasteiger partial charge in [0.2, 0.25) is 0 Å². The molecule has 6 heteroatoms. The third kappa shape index (κ3) is 1.88. The Labute approximate surface area is 83.8 Å². The van der Waals surface area contributed by atoms with Crippen LogP contribution >= 0.6 is 15.9 Å². The van der Waals surface area contributed by atoms with Crippen molar-refractivity contribution in [2.75, 3.05) is 19.6 Å². The Kier molecular flexibility index (Phi) is 3.02. The highest BCUT2D eigenvalue weighted by Crippen LogP contribution is 2.08. The summed E-state index contributed by atoms with van der Waals surface area (Å²) in [5.74, 6) is -1.36. The minimum Gasteiger partial charge on any atom is -0.333 e. The van der Waals surface area contributed by atoms with Crippen molar-refractivity contribution >= 4 is 32.6 Å². The lowest BCUT2D eigenvalue weighted by Gasteiger charge is -2.30. The van der Waals surface area contributed by atoms with Gasteiger partial charge in [-0.3, -0.25) is 19.3 Å². The van der Waals surface area contributed by atoms with Crippen LogP contribution in [0.1, 0.15) is 6.92 Å². The molecule has 0 aromatic rings. The molecule has 0 bridgehead atoms. The predicted molar refractivity (Wildman–Crippen MR) is 48.3 cm³/mol. The molecule has 0 saturated carbocycles. The Bertz CT molecular complexity index is 266. The zero-order chi connectivity index (χ0) is 10.0. The van der Waals surface area contributed by atoms with Gasteiger partial charge in [0.15, 0.2) is 0 Å². The van der Waals surface area contributed by atoms with Crippen molar-refractivity contribution in [3.63, 3.8) is 0 Å². The molecule has 1 saturated heterocycles. The van der Waals surface area contributed by atoms with E-state index in [-0.39, 0.29) is 6.54 Å². The first-order valence-corrected chi connectivity index (χ1v) is 4.67. The summed E-state index contributed by atoms with van der Waals surface area (Å²) in [5, 5.41) is 0. The summed E-state index contributed by atoms with van der Waals surface area (Å²) in [4.78, 5) is 35.0. The number of piperazine rings is 1. The van der Waals surface area contributed by atoms with Gasteiger partial charge >= 0.3 is 11.8 Å².